The predicted octanol–water partition coefficient (Wildman–Crippen LogP) is 4.47. The lowest BCUT2D eigenvalue weighted by Gasteiger charge is -2.11. The van der Waals surface area contributed by atoms with Crippen LogP contribution in [0.25, 0.3) is 0 Å². The molecule has 0 bridgehead atoms. The van der Waals surface area contributed by atoms with Crippen molar-refractivity contribution in [2.45, 2.75) is 11.8 Å². The SMILES string of the molecule is CCOC(=O)Nc1ccc(NS(=O)(=O)c2ccc(Br)cc2Cl)cc1. The van der Waals surface area contributed by atoms with Crippen molar-refractivity contribution in [2.24, 2.45) is 0 Å². The lowest BCUT2D eigenvalue weighted by Crippen LogP contribution is -2.14. The van der Waals surface area contributed by atoms with Gasteiger partial charge in [0.15, 0.2) is 0 Å². The fraction of sp³-hybridized carbons (Fsp3) is 0.133. The third-order valence-electron chi connectivity index (χ3n) is 2.84. The molecule has 0 aromatic heterocycles. The molecule has 0 saturated heterocycles. The summed E-state index contributed by atoms with van der Waals surface area (Å²) in [5.74, 6) is 0. The molecule has 0 fully saturated rings. The van der Waals surface area contributed by atoms with Gasteiger partial charge >= 0.3 is 6.09 Å². The Morgan fingerprint density at radius 3 is 2.38 bits per heavy atom. The van der Waals surface area contributed by atoms with Crippen LogP contribution in [0.5, 0.6) is 0 Å². The molecule has 0 saturated carbocycles. The first kappa shape index (κ1) is 18.6. The van der Waals surface area contributed by atoms with Gasteiger partial charge in [0.2, 0.25) is 0 Å². The van der Waals surface area contributed by atoms with Gasteiger partial charge in [0, 0.05) is 15.8 Å². The van der Waals surface area contributed by atoms with E-state index in [1.54, 1.807) is 25.1 Å². The summed E-state index contributed by atoms with van der Waals surface area (Å²) in [5, 5.41) is 2.62. The van der Waals surface area contributed by atoms with E-state index in [9.17, 15) is 13.2 Å². The third-order valence-corrected chi connectivity index (χ3v) is 5.20. The molecule has 9 heteroatoms. The minimum Gasteiger partial charge on any atom is -0.450 e. The number of hydrogen-bond acceptors (Lipinski definition) is 4. The summed E-state index contributed by atoms with van der Waals surface area (Å²) >= 11 is 9.21. The standard InChI is InChI=1S/C15H14BrClN2O4S/c1-2-23-15(20)18-11-4-6-12(7-5-11)19-24(21,22)14-8-3-10(16)9-13(14)17/h3-9,19H,2H2,1H3,(H,18,20). The van der Waals surface area contributed by atoms with Crippen LogP contribution in [-0.2, 0) is 14.8 Å². The molecular formula is C15H14BrClN2O4S. The average Bonchev–Trinajstić information content (AvgIpc) is 2.48. The lowest BCUT2D eigenvalue weighted by molar-refractivity contribution is 0.168. The molecule has 6 nitrogen and oxygen atoms in total. The highest BCUT2D eigenvalue weighted by Crippen LogP contribution is 2.27. The maximum atomic E-state index is 12.4. The normalized spacial score (nSPS) is 11.0. The predicted molar refractivity (Wildman–Crippen MR) is 97.0 cm³/mol. The number of amides is 1. The van der Waals surface area contributed by atoms with E-state index in [1.165, 1.54) is 24.3 Å². The van der Waals surface area contributed by atoms with Gasteiger partial charge in [0.1, 0.15) is 4.90 Å². The van der Waals surface area contributed by atoms with Gasteiger partial charge in [-0.05, 0) is 49.4 Å². The van der Waals surface area contributed by atoms with Crippen molar-refractivity contribution in [1.82, 2.24) is 0 Å². The average molecular weight is 434 g/mol. The maximum Gasteiger partial charge on any atom is 0.411 e. The van der Waals surface area contributed by atoms with Crippen molar-refractivity contribution in [3.05, 3.63) is 52.0 Å². The molecule has 0 unspecified atom stereocenters. The van der Waals surface area contributed by atoms with Gasteiger partial charge < -0.3 is 4.74 Å². The number of anilines is 2. The Morgan fingerprint density at radius 1 is 1.17 bits per heavy atom. The minimum atomic E-state index is -3.82. The van der Waals surface area contributed by atoms with Gasteiger partial charge in [-0.1, -0.05) is 27.5 Å². The van der Waals surface area contributed by atoms with Crippen LogP contribution in [-0.4, -0.2) is 21.1 Å². The largest absolute Gasteiger partial charge is 0.450 e. The number of benzene rings is 2. The number of carbonyl (C=O) groups is 1. The molecule has 0 aliphatic heterocycles. The molecule has 2 rings (SSSR count). The molecule has 1 amide bonds. The summed E-state index contributed by atoms with van der Waals surface area (Å²) in [6.07, 6.45) is -0.576. The van der Waals surface area contributed by atoms with Gasteiger partial charge in [-0.3, -0.25) is 10.0 Å². The molecule has 128 valence electrons. The minimum absolute atomic E-state index is 0.0268. The second kappa shape index (κ2) is 7.87. The monoisotopic (exact) mass is 432 g/mol. The van der Waals surface area contributed by atoms with Crippen molar-refractivity contribution in [3.63, 3.8) is 0 Å². The molecule has 24 heavy (non-hydrogen) atoms. The van der Waals surface area contributed by atoms with Crippen LogP contribution in [0, 0.1) is 0 Å². The number of carbonyl (C=O) groups excluding carboxylic acids is 1. The van der Waals surface area contributed by atoms with Crippen molar-refractivity contribution < 1.29 is 17.9 Å². The summed E-state index contributed by atoms with van der Waals surface area (Å²) < 4.78 is 32.6. The molecule has 0 atom stereocenters. The van der Waals surface area contributed by atoms with Crippen molar-refractivity contribution in [2.75, 3.05) is 16.6 Å². The summed E-state index contributed by atoms with van der Waals surface area (Å²) in [6.45, 7) is 1.96. The third kappa shape index (κ3) is 4.86. The highest BCUT2D eigenvalue weighted by molar-refractivity contribution is 9.10. The summed E-state index contributed by atoms with van der Waals surface area (Å²) in [4.78, 5) is 11.3. The van der Waals surface area contributed by atoms with Gasteiger partial charge in [-0.25, -0.2) is 13.2 Å². The second-order valence-electron chi connectivity index (χ2n) is 4.60. The van der Waals surface area contributed by atoms with E-state index in [2.05, 4.69) is 26.0 Å². The van der Waals surface area contributed by atoms with Crippen LogP contribution in [0.1, 0.15) is 6.92 Å². The van der Waals surface area contributed by atoms with Crippen molar-refractivity contribution in [1.29, 1.82) is 0 Å². The van der Waals surface area contributed by atoms with Gasteiger partial charge in [0.05, 0.1) is 11.6 Å². The lowest BCUT2D eigenvalue weighted by atomic mass is 10.3. The van der Waals surface area contributed by atoms with Crippen LogP contribution in [0.4, 0.5) is 16.2 Å². The summed E-state index contributed by atoms with van der Waals surface area (Å²) in [6, 6.07) is 10.6. The van der Waals surface area contributed by atoms with Gasteiger partial charge in [-0.2, -0.15) is 0 Å². The summed E-state index contributed by atoms with van der Waals surface area (Å²) in [5.41, 5.74) is 0.821. The second-order valence-corrected chi connectivity index (χ2v) is 7.58. The Morgan fingerprint density at radius 2 is 1.79 bits per heavy atom. The Labute approximate surface area is 153 Å². The number of sulfonamides is 1. The van der Waals surface area contributed by atoms with Crippen molar-refractivity contribution in [3.8, 4) is 0 Å². The van der Waals surface area contributed by atoms with E-state index in [1.807, 2.05) is 0 Å². The van der Waals surface area contributed by atoms with Crippen LogP contribution < -0.4 is 10.0 Å². The van der Waals surface area contributed by atoms with E-state index in [4.69, 9.17) is 16.3 Å². The van der Waals surface area contributed by atoms with Crippen LogP contribution in [0.15, 0.2) is 51.8 Å². The molecule has 0 aliphatic rings. The zero-order valence-electron chi connectivity index (χ0n) is 12.5. The van der Waals surface area contributed by atoms with E-state index in [-0.39, 0.29) is 16.5 Å². The Kier molecular flexibility index (Phi) is 6.09. The number of nitrogens with one attached hydrogen (secondary N) is 2. The molecule has 0 spiro atoms. The maximum absolute atomic E-state index is 12.4. The van der Waals surface area contributed by atoms with E-state index in [0.717, 1.165) is 0 Å². The van der Waals surface area contributed by atoms with Crippen LogP contribution in [0.3, 0.4) is 0 Å². The first-order chi connectivity index (χ1) is 11.3. The van der Waals surface area contributed by atoms with E-state index >= 15 is 0 Å². The Balaban J connectivity index is 2.14. The zero-order valence-corrected chi connectivity index (χ0v) is 15.7. The Hall–Kier alpha value is -1.77. The quantitative estimate of drug-likeness (QED) is 0.728. The highest BCUT2D eigenvalue weighted by Gasteiger charge is 2.18. The molecule has 0 radical (unpaired) electrons. The van der Waals surface area contributed by atoms with Crippen LogP contribution in [0.2, 0.25) is 5.02 Å². The fourth-order valence-corrected chi connectivity index (χ4v) is 3.91. The number of ether oxygens (including phenoxy) is 1. The molecule has 2 N–H and O–H groups in total. The summed E-state index contributed by atoms with van der Waals surface area (Å²) in [7, 11) is -3.82. The van der Waals surface area contributed by atoms with Crippen LogP contribution >= 0.6 is 27.5 Å². The topological polar surface area (TPSA) is 84.5 Å². The molecule has 2 aromatic rings. The Bertz CT molecular complexity index is 841. The van der Waals surface area contributed by atoms with E-state index < -0.39 is 16.1 Å². The number of rotatable bonds is 5. The fourth-order valence-electron chi connectivity index (χ4n) is 1.81. The first-order valence-corrected chi connectivity index (χ1v) is 9.49. The highest BCUT2D eigenvalue weighted by atomic mass is 79.9. The smallest absolute Gasteiger partial charge is 0.411 e. The first-order valence-electron chi connectivity index (χ1n) is 6.83. The molecule has 0 heterocycles. The number of hydrogen-bond donors (Lipinski definition) is 2. The van der Waals surface area contributed by atoms with Crippen molar-refractivity contribution >= 4 is 55.0 Å². The zero-order chi connectivity index (χ0) is 17.7. The molecule has 0 aliphatic carbocycles. The number of halogens is 2. The van der Waals surface area contributed by atoms with E-state index in [0.29, 0.717) is 15.8 Å². The van der Waals surface area contributed by atoms with Gasteiger partial charge in [0.25, 0.3) is 10.0 Å². The molecule has 2 aromatic carbocycles. The van der Waals surface area contributed by atoms with Gasteiger partial charge in [-0.15, -0.1) is 0 Å². The molecular weight excluding hydrogens is 420 g/mol.